The molecule has 0 aliphatic carbocycles. The fourth-order valence-electron chi connectivity index (χ4n) is 1.93. The number of nitrogens with zero attached hydrogens (tertiary/aromatic N) is 3. The topological polar surface area (TPSA) is 67.8 Å². The molecule has 3 aromatic heterocycles. The molecule has 0 bridgehead atoms. The lowest BCUT2D eigenvalue weighted by atomic mass is 10.2. The molecule has 5 nitrogen and oxygen atoms in total. The molecule has 7 heteroatoms. The van der Waals surface area contributed by atoms with E-state index in [1.165, 1.54) is 11.3 Å². The Bertz CT molecular complexity index is 789. The second kappa shape index (κ2) is 6.85. The Morgan fingerprint density at radius 3 is 3.09 bits per heavy atom. The number of fused-ring (bicyclic) bond motifs is 1. The number of thiazole rings is 1. The molecule has 0 radical (unpaired) electrons. The second-order valence-electron chi connectivity index (χ2n) is 4.56. The normalized spacial score (nSPS) is 10.8. The SMILES string of the molecule is CSCCNC(=O)c1cnc2nc(-c3cccnc3)sc2c1. The van der Waals surface area contributed by atoms with Crippen LogP contribution < -0.4 is 5.32 Å². The van der Waals surface area contributed by atoms with E-state index in [4.69, 9.17) is 0 Å². The number of rotatable bonds is 5. The lowest BCUT2D eigenvalue weighted by Gasteiger charge is -2.03. The molecule has 3 aromatic rings. The van der Waals surface area contributed by atoms with Crippen LogP contribution in [0, 0.1) is 0 Å². The van der Waals surface area contributed by atoms with Gasteiger partial charge >= 0.3 is 0 Å². The van der Waals surface area contributed by atoms with Crippen LogP contribution in [-0.4, -0.2) is 39.4 Å². The van der Waals surface area contributed by atoms with Crippen LogP contribution in [0.3, 0.4) is 0 Å². The summed E-state index contributed by atoms with van der Waals surface area (Å²) in [4.78, 5) is 24.9. The van der Waals surface area contributed by atoms with Gasteiger partial charge in [0.1, 0.15) is 5.01 Å². The van der Waals surface area contributed by atoms with E-state index in [1.807, 2.05) is 24.5 Å². The van der Waals surface area contributed by atoms with Crippen molar-refractivity contribution >= 4 is 39.4 Å². The molecule has 0 atom stereocenters. The molecule has 3 rings (SSSR count). The van der Waals surface area contributed by atoms with E-state index < -0.39 is 0 Å². The summed E-state index contributed by atoms with van der Waals surface area (Å²) in [5.74, 6) is 0.799. The van der Waals surface area contributed by atoms with Crippen LogP contribution in [0.15, 0.2) is 36.8 Å². The van der Waals surface area contributed by atoms with Crippen molar-refractivity contribution in [3.63, 3.8) is 0 Å². The Labute approximate surface area is 136 Å². The van der Waals surface area contributed by atoms with Crippen LogP contribution in [0.2, 0.25) is 0 Å². The van der Waals surface area contributed by atoms with Crippen LogP contribution in [0.5, 0.6) is 0 Å². The summed E-state index contributed by atoms with van der Waals surface area (Å²) in [5.41, 5.74) is 2.18. The van der Waals surface area contributed by atoms with Crippen molar-refractivity contribution in [2.75, 3.05) is 18.6 Å². The number of hydrogen-bond acceptors (Lipinski definition) is 6. The maximum absolute atomic E-state index is 12.1. The summed E-state index contributed by atoms with van der Waals surface area (Å²) >= 11 is 3.21. The molecule has 0 saturated carbocycles. The number of amides is 1. The highest BCUT2D eigenvalue weighted by atomic mass is 32.2. The van der Waals surface area contributed by atoms with Gasteiger partial charge in [0.05, 0.1) is 10.3 Å². The zero-order valence-electron chi connectivity index (χ0n) is 11.9. The quantitative estimate of drug-likeness (QED) is 0.729. The Morgan fingerprint density at radius 2 is 2.32 bits per heavy atom. The summed E-state index contributed by atoms with van der Waals surface area (Å²) < 4.78 is 0.899. The van der Waals surface area contributed by atoms with Gasteiger partial charge in [-0.25, -0.2) is 9.97 Å². The molecule has 0 saturated heterocycles. The molecular weight excluding hydrogens is 316 g/mol. The summed E-state index contributed by atoms with van der Waals surface area (Å²) in [6.45, 7) is 0.654. The first-order valence-corrected chi connectivity index (χ1v) is 8.93. The van der Waals surface area contributed by atoms with Gasteiger partial charge in [-0.3, -0.25) is 9.78 Å². The van der Waals surface area contributed by atoms with E-state index in [0.717, 1.165) is 21.0 Å². The molecule has 0 aliphatic rings. The van der Waals surface area contributed by atoms with Gasteiger partial charge in [0, 0.05) is 36.5 Å². The van der Waals surface area contributed by atoms with E-state index in [2.05, 4.69) is 20.3 Å². The third-order valence-corrected chi connectivity index (χ3v) is 4.66. The van der Waals surface area contributed by atoms with Gasteiger partial charge in [0.2, 0.25) is 0 Å². The van der Waals surface area contributed by atoms with Gasteiger partial charge < -0.3 is 5.32 Å². The molecular formula is C15H14N4OS2. The molecule has 0 aromatic carbocycles. The van der Waals surface area contributed by atoms with Crippen molar-refractivity contribution in [1.29, 1.82) is 0 Å². The van der Waals surface area contributed by atoms with E-state index in [1.54, 1.807) is 30.4 Å². The number of thioether (sulfide) groups is 1. The van der Waals surface area contributed by atoms with Gasteiger partial charge in [-0.2, -0.15) is 11.8 Å². The van der Waals surface area contributed by atoms with Gasteiger partial charge in [-0.1, -0.05) is 0 Å². The average molecular weight is 330 g/mol. The lowest BCUT2D eigenvalue weighted by Crippen LogP contribution is -2.25. The van der Waals surface area contributed by atoms with Crippen molar-refractivity contribution in [1.82, 2.24) is 20.3 Å². The minimum Gasteiger partial charge on any atom is -0.351 e. The molecule has 0 unspecified atom stereocenters. The zero-order chi connectivity index (χ0) is 15.4. The summed E-state index contributed by atoms with van der Waals surface area (Å²) in [6, 6.07) is 5.68. The average Bonchev–Trinajstić information content (AvgIpc) is 2.99. The van der Waals surface area contributed by atoms with Crippen molar-refractivity contribution in [3.8, 4) is 10.6 Å². The Morgan fingerprint density at radius 1 is 1.41 bits per heavy atom. The van der Waals surface area contributed by atoms with E-state index >= 15 is 0 Å². The van der Waals surface area contributed by atoms with Crippen LogP contribution in [0.4, 0.5) is 0 Å². The molecule has 22 heavy (non-hydrogen) atoms. The van der Waals surface area contributed by atoms with E-state index in [0.29, 0.717) is 17.8 Å². The number of carbonyl (C=O) groups is 1. The third-order valence-electron chi connectivity index (χ3n) is 3.01. The molecule has 112 valence electrons. The smallest absolute Gasteiger partial charge is 0.252 e. The van der Waals surface area contributed by atoms with E-state index in [-0.39, 0.29) is 5.91 Å². The number of aromatic nitrogens is 3. The Hall–Kier alpha value is -1.99. The van der Waals surface area contributed by atoms with Gasteiger partial charge in [-0.15, -0.1) is 11.3 Å². The van der Waals surface area contributed by atoms with Crippen molar-refractivity contribution in [3.05, 3.63) is 42.4 Å². The van der Waals surface area contributed by atoms with Crippen molar-refractivity contribution in [2.45, 2.75) is 0 Å². The second-order valence-corrected chi connectivity index (χ2v) is 6.57. The number of carbonyl (C=O) groups excluding carboxylic acids is 1. The van der Waals surface area contributed by atoms with Crippen LogP contribution >= 0.6 is 23.1 Å². The van der Waals surface area contributed by atoms with E-state index in [9.17, 15) is 4.79 Å². The predicted molar refractivity (Wildman–Crippen MR) is 91.4 cm³/mol. The fraction of sp³-hybridized carbons (Fsp3) is 0.200. The molecule has 0 aliphatic heterocycles. The molecule has 1 N–H and O–H groups in total. The standard InChI is InChI=1S/C15H14N4OS2/c1-21-6-5-17-14(20)11-7-12-13(18-9-11)19-15(22-12)10-3-2-4-16-8-10/h2-4,7-9H,5-6H2,1H3,(H,17,20). The summed E-state index contributed by atoms with van der Waals surface area (Å²) in [5, 5.41) is 3.73. The molecule has 0 fully saturated rings. The highest BCUT2D eigenvalue weighted by molar-refractivity contribution is 7.98. The first-order chi connectivity index (χ1) is 10.8. The maximum atomic E-state index is 12.1. The Balaban J connectivity index is 1.86. The number of hydrogen-bond donors (Lipinski definition) is 1. The minimum atomic E-state index is -0.0974. The summed E-state index contributed by atoms with van der Waals surface area (Å²) in [6.07, 6.45) is 7.08. The highest BCUT2D eigenvalue weighted by Gasteiger charge is 2.11. The highest BCUT2D eigenvalue weighted by Crippen LogP contribution is 2.28. The summed E-state index contributed by atoms with van der Waals surface area (Å²) in [7, 11) is 0. The molecule has 1 amide bonds. The first-order valence-electron chi connectivity index (χ1n) is 6.72. The molecule has 0 spiro atoms. The van der Waals surface area contributed by atoms with Crippen LogP contribution in [-0.2, 0) is 0 Å². The van der Waals surface area contributed by atoms with Gasteiger partial charge in [0.25, 0.3) is 5.91 Å². The predicted octanol–water partition coefficient (Wildman–Crippen LogP) is 2.85. The third kappa shape index (κ3) is 3.26. The molecule has 3 heterocycles. The van der Waals surface area contributed by atoms with Crippen molar-refractivity contribution < 1.29 is 4.79 Å². The largest absolute Gasteiger partial charge is 0.351 e. The van der Waals surface area contributed by atoms with Crippen molar-refractivity contribution in [2.24, 2.45) is 0 Å². The zero-order valence-corrected chi connectivity index (χ0v) is 13.6. The number of pyridine rings is 2. The lowest BCUT2D eigenvalue weighted by molar-refractivity contribution is 0.0956. The van der Waals surface area contributed by atoms with Crippen LogP contribution in [0.25, 0.3) is 20.9 Å². The van der Waals surface area contributed by atoms with Gasteiger partial charge in [0.15, 0.2) is 5.65 Å². The maximum Gasteiger partial charge on any atom is 0.252 e. The number of nitrogens with one attached hydrogen (secondary N) is 1. The van der Waals surface area contributed by atoms with Crippen LogP contribution in [0.1, 0.15) is 10.4 Å². The minimum absolute atomic E-state index is 0.0974. The Kier molecular flexibility index (Phi) is 4.65. The van der Waals surface area contributed by atoms with Gasteiger partial charge in [-0.05, 0) is 24.5 Å². The monoisotopic (exact) mass is 330 g/mol. The first kappa shape index (κ1) is 14.9. The fourth-order valence-corrected chi connectivity index (χ4v) is 3.19.